The van der Waals surface area contributed by atoms with Crippen molar-refractivity contribution in [3.63, 3.8) is 0 Å². The fourth-order valence-electron chi connectivity index (χ4n) is 2.88. The molecule has 5 nitrogen and oxygen atoms in total. The Hall–Kier alpha value is -2.05. The van der Waals surface area contributed by atoms with Gasteiger partial charge in [-0.3, -0.25) is 9.89 Å². The van der Waals surface area contributed by atoms with Crippen molar-refractivity contribution in [1.82, 2.24) is 4.90 Å². The largest absolute Gasteiger partial charge is 0.497 e. The maximum Gasteiger partial charge on any atom is 0.193 e. The molecule has 0 spiro atoms. The second-order valence-corrected chi connectivity index (χ2v) is 7.02. The lowest BCUT2D eigenvalue weighted by Crippen LogP contribution is -2.39. The Balaban J connectivity index is 1.54. The smallest absolute Gasteiger partial charge is 0.193 e. The van der Waals surface area contributed by atoms with Gasteiger partial charge in [0.05, 0.1) is 13.7 Å². The molecule has 0 fully saturated rings. The van der Waals surface area contributed by atoms with E-state index in [9.17, 15) is 0 Å². The van der Waals surface area contributed by atoms with Gasteiger partial charge in [0.25, 0.3) is 0 Å². The summed E-state index contributed by atoms with van der Waals surface area (Å²) in [5.41, 5.74) is 8.36. The van der Waals surface area contributed by atoms with Crippen LogP contribution in [-0.4, -0.2) is 37.1 Å². The molecule has 2 heterocycles. The van der Waals surface area contributed by atoms with Gasteiger partial charge in [0.1, 0.15) is 5.75 Å². The minimum Gasteiger partial charge on any atom is -0.497 e. The van der Waals surface area contributed by atoms with Crippen LogP contribution in [0.3, 0.4) is 0 Å². The first kappa shape index (κ1) is 16.8. The van der Waals surface area contributed by atoms with Crippen molar-refractivity contribution < 1.29 is 4.74 Å². The number of thiophene rings is 1. The summed E-state index contributed by atoms with van der Waals surface area (Å²) in [5.74, 6) is 1.23. The molecular weight excluding hydrogens is 320 g/mol. The Morgan fingerprint density at radius 1 is 1.46 bits per heavy atom. The lowest BCUT2D eigenvalue weighted by molar-refractivity contribution is 0.197. The number of benzene rings is 1. The predicted octanol–water partition coefficient (Wildman–Crippen LogP) is 2.93. The van der Waals surface area contributed by atoms with E-state index in [2.05, 4.69) is 33.6 Å². The fraction of sp³-hybridized carbons (Fsp3) is 0.389. The number of aliphatic imine (C=N–C) groups is 1. The molecule has 1 unspecified atom stereocenters. The van der Waals surface area contributed by atoms with E-state index < -0.39 is 0 Å². The van der Waals surface area contributed by atoms with Gasteiger partial charge in [-0.25, -0.2) is 0 Å². The molecule has 1 aliphatic heterocycles. The molecule has 0 radical (unpaired) electrons. The number of guanidine groups is 1. The number of hydrogen-bond acceptors (Lipinski definition) is 4. The topological polar surface area (TPSA) is 62.9 Å². The number of fused-ring (bicyclic) bond motifs is 1. The van der Waals surface area contributed by atoms with Gasteiger partial charge in [0, 0.05) is 35.8 Å². The van der Waals surface area contributed by atoms with Gasteiger partial charge in [0.2, 0.25) is 0 Å². The molecule has 3 rings (SSSR count). The van der Waals surface area contributed by atoms with Crippen LogP contribution < -0.4 is 15.8 Å². The summed E-state index contributed by atoms with van der Waals surface area (Å²) < 4.78 is 5.21. The standard InChI is InChI=1S/C18H24N4OS/c1-13(22-8-6-17-14(12-22)7-9-24-17)11-20-18(19)21-15-4-3-5-16(10-15)23-2/h3-5,7,9-10,13H,6,8,11-12H2,1-2H3,(H3,19,20,21). The minimum atomic E-state index is 0.365. The lowest BCUT2D eigenvalue weighted by Gasteiger charge is -2.31. The zero-order valence-corrected chi connectivity index (χ0v) is 15.0. The summed E-state index contributed by atoms with van der Waals surface area (Å²) in [7, 11) is 1.65. The number of anilines is 1. The van der Waals surface area contributed by atoms with Crippen LogP contribution in [0.5, 0.6) is 5.75 Å². The molecule has 1 atom stereocenters. The SMILES string of the molecule is COc1cccc(NC(N)=NCC(C)N2CCc3sccc3C2)c1. The van der Waals surface area contributed by atoms with Gasteiger partial charge >= 0.3 is 0 Å². The molecule has 24 heavy (non-hydrogen) atoms. The van der Waals surface area contributed by atoms with Crippen LogP contribution in [0.2, 0.25) is 0 Å². The van der Waals surface area contributed by atoms with Crippen molar-refractivity contribution in [3.05, 3.63) is 46.2 Å². The van der Waals surface area contributed by atoms with Crippen LogP contribution in [0, 0.1) is 0 Å². The molecule has 0 amide bonds. The summed E-state index contributed by atoms with van der Waals surface area (Å²) in [6.45, 7) is 4.99. The molecule has 1 aliphatic rings. The molecule has 6 heteroatoms. The van der Waals surface area contributed by atoms with E-state index in [0.717, 1.165) is 30.9 Å². The second kappa shape index (κ2) is 7.68. The van der Waals surface area contributed by atoms with Gasteiger partial charge in [-0.2, -0.15) is 0 Å². The van der Waals surface area contributed by atoms with Crippen molar-refractivity contribution in [2.75, 3.05) is 25.5 Å². The van der Waals surface area contributed by atoms with Crippen molar-refractivity contribution >= 4 is 23.0 Å². The van der Waals surface area contributed by atoms with E-state index in [1.54, 1.807) is 7.11 Å². The number of methoxy groups -OCH3 is 1. The molecule has 128 valence electrons. The van der Waals surface area contributed by atoms with E-state index in [4.69, 9.17) is 10.5 Å². The van der Waals surface area contributed by atoms with Crippen molar-refractivity contribution in [1.29, 1.82) is 0 Å². The van der Waals surface area contributed by atoms with Gasteiger partial charge < -0.3 is 15.8 Å². The molecule has 0 aliphatic carbocycles. The summed E-state index contributed by atoms with van der Waals surface area (Å²) >= 11 is 1.87. The van der Waals surface area contributed by atoms with Crippen molar-refractivity contribution in [3.8, 4) is 5.75 Å². The lowest BCUT2D eigenvalue weighted by atomic mass is 10.1. The van der Waals surface area contributed by atoms with E-state index in [0.29, 0.717) is 18.5 Å². The average molecular weight is 344 g/mol. The molecule has 0 saturated heterocycles. The third-order valence-corrected chi connectivity index (χ3v) is 5.35. The highest BCUT2D eigenvalue weighted by Crippen LogP contribution is 2.25. The summed E-state index contributed by atoms with van der Waals surface area (Å²) in [6.07, 6.45) is 1.14. The fourth-order valence-corrected chi connectivity index (χ4v) is 3.77. The Bertz CT molecular complexity index is 713. The van der Waals surface area contributed by atoms with Crippen LogP contribution in [0.1, 0.15) is 17.4 Å². The van der Waals surface area contributed by atoms with Crippen LogP contribution >= 0.6 is 11.3 Å². The number of hydrogen-bond donors (Lipinski definition) is 2. The van der Waals surface area contributed by atoms with E-state index in [1.807, 2.05) is 35.6 Å². The molecule has 3 N–H and O–H groups in total. The van der Waals surface area contributed by atoms with Gasteiger partial charge in [0.15, 0.2) is 5.96 Å². The Kier molecular flexibility index (Phi) is 5.37. The zero-order valence-electron chi connectivity index (χ0n) is 14.2. The Morgan fingerprint density at radius 2 is 2.33 bits per heavy atom. The van der Waals surface area contributed by atoms with Gasteiger partial charge in [-0.15, -0.1) is 11.3 Å². The van der Waals surface area contributed by atoms with E-state index in [1.165, 1.54) is 10.4 Å². The van der Waals surface area contributed by atoms with Crippen LogP contribution in [0.4, 0.5) is 5.69 Å². The second-order valence-electron chi connectivity index (χ2n) is 6.02. The number of nitrogens with two attached hydrogens (primary N) is 1. The summed E-state index contributed by atoms with van der Waals surface area (Å²) in [4.78, 5) is 8.50. The Labute approximate surface area is 147 Å². The normalized spacial score (nSPS) is 16.5. The molecular formula is C18H24N4OS. The van der Waals surface area contributed by atoms with E-state index in [-0.39, 0.29) is 0 Å². The van der Waals surface area contributed by atoms with Gasteiger partial charge in [-0.05, 0) is 42.5 Å². The number of ether oxygens (including phenoxy) is 1. The maximum atomic E-state index is 6.02. The number of nitrogens with one attached hydrogen (secondary N) is 1. The van der Waals surface area contributed by atoms with Gasteiger partial charge in [-0.1, -0.05) is 6.07 Å². The maximum absolute atomic E-state index is 6.02. The highest BCUT2D eigenvalue weighted by molar-refractivity contribution is 7.10. The first-order chi connectivity index (χ1) is 11.7. The van der Waals surface area contributed by atoms with Crippen molar-refractivity contribution in [2.24, 2.45) is 10.7 Å². The molecule has 1 aromatic heterocycles. The first-order valence-electron chi connectivity index (χ1n) is 8.16. The number of nitrogens with zero attached hydrogens (tertiary/aromatic N) is 2. The predicted molar refractivity (Wildman–Crippen MR) is 101 cm³/mol. The Morgan fingerprint density at radius 3 is 3.17 bits per heavy atom. The number of rotatable bonds is 5. The molecule has 1 aromatic carbocycles. The summed E-state index contributed by atoms with van der Waals surface area (Å²) in [5, 5.41) is 5.30. The first-order valence-corrected chi connectivity index (χ1v) is 9.04. The average Bonchev–Trinajstić information content (AvgIpc) is 3.07. The molecule has 2 aromatic rings. The monoisotopic (exact) mass is 344 g/mol. The quantitative estimate of drug-likeness (QED) is 0.647. The van der Waals surface area contributed by atoms with Crippen molar-refractivity contribution in [2.45, 2.75) is 25.9 Å². The minimum absolute atomic E-state index is 0.365. The third kappa shape index (κ3) is 4.07. The van der Waals surface area contributed by atoms with E-state index >= 15 is 0 Å². The highest BCUT2D eigenvalue weighted by atomic mass is 32.1. The summed E-state index contributed by atoms with van der Waals surface area (Å²) in [6, 6.07) is 10.3. The van der Waals surface area contributed by atoms with Crippen LogP contribution in [-0.2, 0) is 13.0 Å². The molecule has 0 saturated carbocycles. The van der Waals surface area contributed by atoms with Crippen LogP contribution in [0.25, 0.3) is 0 Å². The van der Waals surface area contributed by atoms with Crippen LogP contribution in [0.15, 0.2) is 40.7 Å². The zero-order chi connectivity index (χ0) is 16.9. The highest BCUT2D eigenvalue weighted by Gasteiger charge is 2.21. The third-order valence-electron chi connectivity index (χ3n) is 4.33. The molecule has 0 bridgehead atoms.